The number of para-hydroxylation sites is 1. The van der Waals surface area contributed by atoms with E-state index in [-0.39, 0.29) is 30.1 Å². The van der Waals surface area contributed by atoms with Gasteiger partial charge >= 0.3 is 0 Å². The minimum Gasteiger partial charge on any atom is -0.325 e. The molecular weight excluding hydrogens is 374 g/mol. The molecule has 0 fully saturated rings. The van der Waals surface area contributed by atoms with E-state index < -0.39 is 6.04 Å². The van der Waals surface area contributed by atoms with Gasteiger partial charge in [-0.15, -0.1) is 12.4 Å². The second-order valence-corrected chi connectivity index (χ2v) is 7.20. The molecule has 0 aromatic heterocycles. The van der Waals surface area contributed by atoms with Gasteiger partial charge in [-0.3, -0.25) is 9.59 Å². The van der Waals surface area contributed by atoms with Crippen LogP contribution in [0.1, 0.15) is 31.4 Å². The summed E-state index contributed by atoms with van der Waals surface area (Å²) in [5.74, 6) is 0.0441. The predicted octanol–water partition coefficient (Wildman–Crippen LogP) is 3.55. The number of nitrogens with one attached hydrogen (secondary N) is 1. The zero-order chi connectivity index (χ0) is 19.4. The van der Waals surface area contributed by atoms with Crippen LogP contribution in [0.5, 0.6) is 0 Å². The summed E-state index contributed by atoms with van der Waals surface area (Å²) in [5.41, 5.74) is 9.82. The third kappa shape index (κ3) is 4.91. The number of halogens is 1. The molecule has 5 nitrogen and oxygen atoms in total. The Labute approximate surface area is 172 Å². The van der Waals surface area contributed by atoms with Crippen molar-refractivity contribution >= 4 is 35.6 Å². The fraction of sp³-hybridized carbons (Fsp3) is 0.364. The minimum absolute atomic E-state index is 0. The van der Waals surface area contributed by atoms with Crippen molar-refractivity contribution < 1.29 is 9.59 Å². The summed E-state index contributed by atoms with van der Waals surface area (Å²) < 4.78 is 0. The SMILES string of the molecule is CCC(C)C(N)C(=O)Nc1ccc(CC(=O)N2CCc3ccccc32)cc1.Cl. The van der Waals surface area contributed by atoms with E-state index in [1.807, 2.05) is 61.2 Å². The average Bonchev–Trinajstić information content (AvgIpc) is 3.12. The van der Waals surface area contributed by atoms with Gasteiger partial charge in [0.25, 0.3) is 0 Å². The maximum absolute atomic E-state index is 12.7. The van der Waals surface area contributed by atoms with Gasteiger partial charge in [-0.1, -0.05) is 50.6 Å². The van der Waals surface area contributed by atoms with Crippen molar-refractivity contribution in [3.63, 3.8) is 0 Å². The second kappa shape index (κ2) is 9.71. The first-order valence-electron chi connectivity index (χ1n) is 9.53. The highest BCUT2D eigenvalue weighted by atomic mass is 35.5. The Hall–Kier alpha value is -2.37. The van der Waals surface area contributed by atoms with E-state index in [1.54, 1.807) is 0 Å². The molecular formula is C22H28ClN3O2. The summed E-state index contributed by atoms with van der Waals surface area (Å²) in [7, 11) is 0. The van der Waals surface area contributed by atoms with E-state index >= 15 is 0 Å². The molecule has 0 bridgehead atoms. The van der Waals surface area contributed by atoms with Crippen molar-refractivity contribution in [3.05, 3.63) is 59.7 Å². The van der Waals surface area contributed by atoms with Crippen LogP contribution in [0.2, 0.25) is 0 Å². The van der Waals surface area contributed by atoms with Crippen molar-refractivity contribution in [2.45, 2.75) is 39.2 Å². The summed E-state index contributed by atoms with van der Waals surface area (Å²) in [4.78, 5) is 26.7. The van der Waals surface area contributed by atoms with Crippen LogP contribution >= 0.6 is 12.4 Å². The monoisotopic (exact) mass is 401 g/mol. The van der Waals surface area contributed by atoms with E-state index in [9.17, 15) is 9.59 Å². The van der Waals surface area contributed by atoms with Gasteiger partial charge < -0.3 is 16.0 Å². The molecule has 3 N–H and O–H groups in total. The second-order valence-electron chi connectivity index (χ2n) is 7.20. The van der Waals surface area contributed by atoms with Crippen LogP contribution < -0.4 is 16.0 Å². The standard InChI is InChI=1S/C22H27N3O2.ClH/c1-3-15(2)21(23)22(27)24-18-10-8-16(9-11-18)14-20(26)25-13-12-17-6-4-5-7-19(17)25;/h4-11,15,21H,3,12-14,23H2,1-2H3,(H,24,27);1H. The van der Waals surface area contributed by atoms with Crippen molar-refractivity contribution in [2.75, 3.05) is 16.8 Å². The number of hydrogen-bond acceptors (Lipinski definition) is 3. The molecule has 2 unspecified atom stereocenters. The molecule has 0 aliphatic carbocycles. The number of carbonyl (C=O) groups excluding carboxylic acids is 2. The largest absolute Gasteiger partial charge is 0.325 e. The number of amides is 2. The zero-order valence-corrected chi connectivity index (χ0v) is 17.2. The average molecular weight is 402 g/mol. The topological polar surface area (TPSA) is 75.4 Å². The van der Waals surface area contributed by atoms with E-state index in [0.717, 1.165) is 30.6 Å². The first-order chi connectivity index (χ1) is 13.0. The molecule has 28 heavy (non-hydrogen) atoms. The van der Waals surface area contributed by atoms with Gasteiger partial charge in [0, 0.05) is 17.9 Å². The van der Waals surface area contributed by atoms with Crippen molar-refractivity contribution in [1.82, 2.24) is 0 Å². The molecule has 2 aromatic rings. The lowest BCUT2D eigenvalue weighted by Gasteiger charge is -2.18. The molecule has 0 radical (unpaired) electrons. The molecule has 6 heteroatoms. The number of nitrogens with two attached hydrogens (primary N) is 1. The fourth-order valence-corrected chi connectivity index (χ4v) is 3.31. The van der Waals surface area contributed by atoms with Crippen LogP contribution in [0.15, 0.2) is 48.5 Å². The van der Waals surface area contributed by atoms with Crippen LogP contribution in [0.25, 0.3) is 0 Å². The number of hydrogen-bond donors (Lipinski definition) is 2. The fourth-order valence-electron chi connectivity index (χ4n) is 3.31. The van der Waals surface area contributed by atoms with Gasteiger partial charge in [-0.2, -0.15) is 0 Å². The molecule has 2 amide bonds. The lowest BCUT2D eigenvalue weighted by molar-refractivity contribution is -0.119. The lowest BCUT2D eigenvalue weighted by atomic mass is 9.99. The smallest absolute Gasteiger partial charge is 0.241 e. The molecule has 2 atom stereocenters. The molecule has 2 aromatic carbocycles. The van der Waals surface area contributed by atoms with Gasteiger partial charge in [0.15, 0.2) is 0 Å². The van der Waals surface area contributed by atoms with E-state index in [0.29, 0.717) is 12.1 Å². The number of nitrogens with zero attached hydrogens (tertiary/aromatic N) is 1. The number of fused-ring (bicyclic) bond motifs is 1. The van der Waals surface area contributed by atoms with Crippen LogP contribution in [-0.2, 0) is 22.4 Å². The summed E-state index contributed by atoms with van der Waals surface area (Å²) >= 11 is 0. The maximum Gasteiger partial charge on any atom is 0.241 e. The Bertz CT molecular complexity index is 823. The van der Waals surface area contributed by atoms with Crippen LogP contribution in [0.3, 0.4) is 0 Å². The summed E-state index contributed by atoms with van der Waals surface area (Å²) in [6.45, 7) is 4.72. The summed E-state index contributed by atoms with van der Waals surface area (Å²) in [6.07, 6.45) is 2.10. The predicted molar refractivity (Wildman–Crippen MR) is 116 cm³/mol. The lowest BCUT2D eigenvalue weighted by Crippen LogP contribution is -2.40. The summed E-state index contributed by atoms with van der Waals surface area (Å²) in [6, 6.07) is 14.9. The first-order valence-corrected chi connectivity index (χ1v) is 9.53. The minimum atomic E-state index is -0.522. The third-order valence-corrected chi connectivity index (χ3v) is 5.32. The number of anilines is 2. The Balaban J connectivity index is 0.00000280. The molecule has 1 aliphatic heterocycles. The van der Waals surface area contributed by atoms with Gasteiger partial charge in [0.05, 0.1) is 12.5 Å². The maximum atomic E-state index is 12.7. The third-order valence-electron chi connectivity index (χ3n) is 5.32. The molecule has 0 spiro atoms. The Morgan fingerprint density at radius 2 is 1.82 bits per heavy atom. The highest BCUT2D eigenvalue weighted by Gasteiger charge is 2.24. The van der Waals surface area contributed by atoms with Crippen LogP contribution in [0, 0.1) is 5.92 Å². The van der Waals surface area contributed by atoms with Gasteiger partial charge in [-0.05, 0) is 41.7 Å². The van der Waals surface area contributed by atoms with Gasteiger partial charge in [-0.25, -0.2) is 0 Å². The van der Waals surface area contributed by atoms with Crippen molar-refractivity contribution in [3.8, 4) is 0 Å². The molecule has 150 valence electrons. The van der Waals surface area contributed by atoms with Gasteiger partial charge in [0.2, 0.25) is 11.8 Å². The quantitative estimate of drug-likeness (QED) is 0.777. The Kier molecular flexibility index (Phi) is 7.61. The zero-order valence-electron chi connectivity index (χ0n) is 16.4. The number of rotatable bonds is 6. The van der Waals surface area contributed by atoms with E-state index in [4.69, 9.17) is 5.73 Å². The first kappa shape index (κ1) is 21.9. The van der Waals surface area contributed by atoms with Crippen molar-refractivity contribution in [2.24, 2.45) is 11.7 Å². The van der Waals surface area contributed by atoms with Crippen molar-refractivity contribution in [1.29, 1.82) is 0 Å². The molecule has 0 saturated heterocycles. The van der Waals surface area contributed by atoms with E-state index in [1.165, 1.54) is 5.56 Å². The molecule has 1 aliphatic rings. The molecule has 1 heterocycles. The van der Waals surface area contributed by atoms with Crippen LogP contribution in [0.4, 0.5) is 11.4 Å². The highest BCUT2D eigenvalue weighted by molar-refractivity contribution is 5.97. The molecule has 0 saturated carbocycles. The van der Waals surface area contributed by atoms with Crippen LogP contribution in [-0.4, -0.2) is 24.4 Å². The number of benzene rings is 2. The normalized spacial score (nSPS) is 14.6. The number of carbonyl (C=O) groups is 2. The molecule has 3 rings (SSSR count). The highest BCUT2D eigenvalue weighted by Crippen LogP contribution is 2.28. The Morgan fingerprint density at radius 3 is 2.50 bits per heavy atom. The van der Waals surface area contributed by atoms with Gasteiger partial charge in [0.1, 0.15) is 0 Å². The summed E-state index contributed by atoms with van der Waals surface area (Å²) in [5, 5.41) is 2.85. The Morgan fingerprint density at radius 1 is 1.14 bits per heavy atom. The van der Waals surface area contributed by atoms with E-state index in [2.05, 4.69) is 11.4 Å².